The third-order valence-electron chi connectivity index (χ3n) is 9.30. The SMILES string of the molecule is COc1ccc(COC[C@H](C)CC2Cc3ccccc3C23CCC(Cc2cccc(Cl)c2)(C(=O)O)CC3)cc1. The maximum Gasteiger partial charge on any atom is 0.309 e. The number of halogens is 1. The van der Waals surface area contributed by atoms with Gasteiger partial charge in [-0.2, -0.15) is 0 Å². The summed E-state index contributed by atoms with van der Waals surface area (Å²) in [5.74, 6) is 1.08. The summed E-state index contributed by atoms with van der Waals surface area (Å²) in [6.07, 6.45) is 5.84. The van der Waals surface area contributed by atoms with E-state index in [1.54, 1.807) is 7.11 Å². The molecule has 206 valence electrons. The van der Waals surface area contributed by atoms with Gasteiger partial charge < -0.3 is 14.6 Å². The lowest BCUT2D eigenvalue weighted by Gasteiger charge is -2.47. The molecule has 0 amide bonds. The lowest BCUT2D eigenvalue weighted by molar-refractivity contribution is -0.152. The number of rotatable bonds is 10. The quantitative estimate of drug-likeness (QED) is 0.281. The average molecular weight is 547 g/mol. The molecule has 1 saturated carbocycles. The Labute approximate surface area is 237 Å². The maximum atomic E-state index is 12.7. The summed E-state index contributed by atoms with van der Waals surface area (Å²) in [6.45, 7) is 3.59. The van der Waals surface area contributed by atoms with Crippen molar-refractivity contribution in [1.82, 2.24) is 0 Å². The number of carbonyl (C=O) groups is 1. The number of carboxylic acids is 1. The molecule has 0 aromatic heterocycles. The summed E-state index contributed by atoms with van der Waals surface area (Å²) in [6, 6.07) is 24.6. The van der Waals surface area contributed by atoms with Crippen LogP contribution in [0.1, 0.15) is 61.3 Å². The summed E-state index contributed by atoms with van der Waals surface area (Å²) in [5, 5.41) is 11.1. The first kappa shape index (κ1) is 27.7. The van der Waals surface area contributed by atoms with Crippen LogP contribution in [0.5, 0.6) is 5.75 Å². The number of hydrogen-bond donors (Lipinski definition) is 1. The van der Waals surface area contributed by atoms with E-state index < -0.39 is 11.4 Å². The van der Waals surface area contributed by atoms with Gasteiger partial charge in [-0.1, -0.05) is 67.1 Å². The summed E-state index contributed by atoms with van der Waals surface area (Å²) >= 11 is 6.23. The fraction of sp³-hybridized carbons (Fsp3) is 0.441. The van der Waals surface area contributed by atoms with Gasteiger partial charge in [0.1, 0.15) is 5.75 Å². The Balaban J connectivity index is 1.28. The Morgan fingerprint density at radius 3 is 2.44 bits per heavy atom. The Bertz CT molecular complexity index is 1280. The van der Waals surface area contributed by atoms with Crippen molar-refractivity contribution in [2.75, 3.05) is 13.7 Å². The van der Waals surface area contributed by atoms with Gasteiger partial charge in [0.05, 0.1) is 19.1 Å². The van der Waals surface area contributed by atoms with Crippen LogP contribution in [0.2, 0.25) is 5.02 Å². The molecule has 2 aliphatic carbocycles. The van der Waals surface area contributed by atoms with Crippen molar-refractivity contribution in [3.8, 4) is 5.75 Å². The van der Waals surface area contributed by atoms with E-state index in [0.717, 1.165) is 42.6 Å². The van der Waals surface area contributed by atoms with Gasteiger partial charge in [-0.3, -0.25) is 4.79 Å². The predicted octanol–water partition coefficient (Wildman–Crippen LogP) is 7.89. The van der Waals surface area contributed by atoms with E-state index in [1.165, 1.54) is 11.1 Å². The first-order chi connectivity index (χ1) is 18.8. The highest BCUT2D eigenvalue weighted by Crippen LogP contribution is 2.58. The second kappa shape index (κ2) is 11.7. The van der Waals surface area contributed by atoms with Gasteiger partial charge in [-0.15, -0.1) is 0 Å². The molecule has 1 N–H and O–H groups in total. The molecule has 1 spiro atoms. The molecule has 3 aromatic rings. The van der Waals surface area contributed by atoms with E-state index in [4.69, 9.17) is 21.1 Å². The topological polar surface area (TPSA) is 55.8 Å². The third kappa shape index (κ3) is 5.88. The normalized spacial score (nSPS) is 24.8. The van der Waals surface area contributed by atoms with Gasteiger partial charge in [-0.25, -0.2) is 0 Å². The molecule has 5 heteroatoms. The Hall–Kier alpha value is -2.82. The molecule has 0 radical (unpaired) electrons. The van der Waals surface area contributed by atoms with Gasteiger partial charge in [0.15, 0.2) is 0 Å². The fourth-order valence-corrected chi connectivity index (χ4v) is 7.40. The first-order valence-electron chi connectivity index (χ1n) is 14.1. The second-order valence-corrected chi connectivity index (χ2v) is 12.2. The maximum absolute atomic E-state index is 12.7. The largest absolute Gasteiger partial charge is 0.497 e. The number of hydrogen-bond acceptors (Lipinski definition) is 3. The molecular formula is C34H39ClO4. The van der Waals surface area contributed by atoms with Crippen molar-refractivity contribution in [3.05, 3.63) is 100 Å². The summed E-state index contributed by atoms with van der Waals surface area (Å²) in [4.78, 5) is 12.7. The van der Waals surface area contributed by atoms with Crippen LogP contribution in [-0.4, -0.2) is 24.8 Å². The molecule has 0 aliphatic heterocycles. The highest BCUT2D eigenvalue weighted by atomic mass is 35.5. The zero-order chi connectivity index (χ0) is 27.5. The first-order valence-corrected chi connectivity index (χ1v) is 14.5. The third-order valence-corrected chi connectivity index (χ3v) is 9.54. The molecule has 3 aromatic carbocycles. The van der Waals surface area contributed by atoms with Crippen LogP contribution in [-0.2, 0) is 34.4 Å². The molecular weight excluding hydrogens is 508 g/mol. The number of ether oxygens (including phenoxy) is 2. The minimum absolute atomic E-state index is 0.0358. The molecule has 1 fully saturated rings. The lowest BCUT2D eigenvalue weighted by atomic mass is 9.56. The van der Waals surface area contributed by atoms with Crippen LogP contribution in [0.15, 0.2) is 72.8 Å². The minimum atomic E-state index is -0.745. The molecule has 5 rings (SSSR count). The highest BCUT2D eigenvalue weighted by Gasteiger charge is 2.53. The van der Waals surface area contributed by atoms with Crippen LogP contribution >= 0.6 is 11.6 Å². The Kier molecular flexibility index (Phi) is 8.35. The van der Waals surface area contributed by atoms with Crippen LogP contribution < -0.4 is 4.74 Å². The Morgan fingerprint density at radius 2 is 1.74 bits per heavy atom. The lowest BCUT2D eigenvalue weighted by Crippen LogP contribution is -2.45. The Morgan fingerprint density at radius 1 is 1.00 bits per heavy atom. The van der Waals surface area contributed by atoms with E-state index >= 15 is 0 Å². The van der Waals surface area contributed by atoms with E-state index in [0.29, 0.717) is 49.3 Å². The van der Waals surface area contributed by atoms with Crippen molar-refractivity contribution in [1.29, 1.82) is 0 Å². The molecule has 39 heavy (non-hydrogen) atoms. The minimum Gasteiger partial charge on any atom is -0.497 e. The van der Waals surface area contributed by atoms with Crippen LogP contribution in [0.3, 0.4) is 0 Å². The van der Waals surface area contributed by atoms with Gasteiger partial charge in [-0.05, 0) is 109 Å². The van der Waals surface area contributed by atoms with E-state index in [1.807, 2.05) is 48.5 Å². The van der Waals surface area contributed by atoms with E-state index in [2.05, 4.69) is 31.2 Å². The second-order valence-electron chi connectivity index (χ2n) is 11.8. The fourth-order valence-electron chi connectivity index (χ4n) is 7.18. The number of benzene rings is 3. The summed E-state index contributed by atoms with van der Waals surface area (Å²) in [7, 11) is 1.68. The monoisotopic (exact) mass is 546 g/mol. The number of methoxy groups -OCH3 is 1. The molecule has 0 heterocycles. The molecule has 2 atom stereocenters. The molecule has 1 unspecified atom stereocenters. The van der Waals surface area contributed by atoms with Crippen molar-refractivity contribution in [2.45, 2.75) is 63.9 Å². The van der Waals surface area contributed by atoms with Gasteiger partial charge in [0.2, 0.25) is 0 Å². The molecule has 0 saturated heterocycles. The van der Waals surface area contributed by atoms with Crippen LogP contribution in [0.4, 0.5) is 0 Å². The molecule has 4 nitrogen and oxygen atoms in total. The van der Waals surface area contributed by atoms with Crippen LogP contribution in [0, 0.1) is 17.3 Å². The van der Waals surface area contributed by atoms with E-state index in [-0.39, 0.29) is 5.41 Å². The predicted molar refractivity (Wildman–Crippen MR) is 155 cm³/mol. The molecule has 2 aliphatic rings. The summed E-state index contributed by atoms with van der Waals surface area (Å²) in [5.41, 5.74) is 4.32. The van der Waals surface area contributed by atoms with Crippen molar-refractivity contribution in [3.63, 3.8) is 0 Å². The van der Waals surface area contributed by atoms with Crippen LogP contribution in [0.25, 0.3) is 0 Å². The van der Waals surface area contributed by atoms with Crippen molar-refractivity contribution in [2.24, 2.45) is 17.3 Å². The van der Waals surface area contributed by atoms with Gasteiger partial charge in [0, 0.05) is 11.6 Å². The molecule has 0 bridgehead atoms. The van der Waals surface area contributed by atoms with Crippen molar-refractivity contribution >= 4 is 17.6 Å². The number of aliphatic carboxylic acids is 1. The summed E-state index contributed by atoms with van der Waals surface area (Å²) < 4.78 is 11.4. The highest BCUT2D eigenvalue weighted by molar-refractivity contribution is 6.30. The van der Waals surface area contributed by atoms with Crippen molar-refractivity contribution < 1.29 is 19.4 Å². The smallest absolute Gasteiger partial charge is 0.309 e. The standard InChI is InChI=1S/C34H39ClO4/c1-24(22-39-23-25-10-12-30(38-2)13-11-25)18-28-20-27-7-3-4-9-31(27)34(28)16-14-33(15-17-34,32(36)37)21-26-6-5-8-29(35)19-26/h3-13,19,24,28H,14-18,20-23H2,1-2H3,(H,36,37)/t24-,28?,33?,34?/m1/s1. The van der Waals surface area contributed by atoms with E-state index in [9.17, 15) is 9.90 Å². The number of fused-ring (bicyclic) bond motifs is 2. The number of carboxylic acid groups (broad SMARTS) is 1. The zero-order valence-electron chi connectivity index (χ0n) is 23.0. The average Bonchev–Trinajstić information content (AvgIpc) is 3.22. The van der Waals surface area contributed by atoms with Gasteiger partial charge in [0.25, 0.3) is 0 Å². The zero-order valence-corrected chi connectivity index (χ0v) is 23.8. The van der Waals surface area contributed by atoms with Gasteiger partial charge >= 0.3 is 5.97 Å².